The summed E-state index contributed by atoms with van der Waals surface area (Å²) in [5.41, 5.74) is -0.0489. The largest absolute Gasteiger partial charge is 0.378 e. The van der Waals surface area contributed by atoms with Gasteiger partial charge in [-0.2, -0.15) is 0 Å². The predicted octanol–water partition coefficient (Wildman–Crippen LogP) is 3.91. The van der Waals surface area contributed by atoms with E-state index in [9.17, 15) is 0 Å². The Bertz CT molecular complexity index is 439. The molecule has 0 aromatic carbocycles. The fourth-order valence-electron chi connectivity index (χ4n) is 2.24. The summed E-state index contributed by atoms with van der Waals surface area (Å²) in [6.07, 6.45) is 5.12. The lowest BCUT2D eigenvalue weighted by Crippen LogP contribution is -2.22. The summed E-state index contributed by atoms with van der Waals surface area (Å²) in [5.74, 6) is 1.73. The van der Waals surface area contributed by atoms with Crippen LogP contribution in [0, 0.1) is 0 Å². The quantitative estimate of drug-likeness (QED) is 0.843. The van der Waals surface area contributed by atoms with Gasteiger partial charge in [-0.25, -0.2) is 9.97 Å². The van der Waals surface area contributed by atoms with Crippen LogP contribution >= 0.6 is 15.9 Å². The molecule has 0 spiro atoms. The molecule has 0 aliphatic carbocycles. The molecule has 20 heavy (non-hydrogen) atoms. The summed E-state index contributed by atoms with van der Waals surface area (Å²) >= 11 is 3.46. The maximum atomic E-state index is 5.74. The van der Waals surface area contributed by atoms with Crippen LogP contribution in [0.2, 0.25) is 0 Å². The van der Waals surface area contributed by atoms with Crippen molar-refractivity contribution in [3.05, 3.63) is 16.5 Å². The van der Waals surface area contributed by atoms with Crippen molar-refractivity contribution in [2.75, 3.05) is 18.5 Å². The van der Waals surface area contributed by atoms with Gasteiger partial charge in [0.2, 0.25) is 0 Å². The van der Waals surface area contributed by atoms with Crippen molar-refractivity contribution in [3.63, 3.8) is 0 Å². The van der Waals surface area contributed by atoms with Crippen molar-refractivity contribution >= 4 is 21.7 Å². The summed E-state index contributed by atoms with van der Waals surface area (Å²) in [6, 6.07) is 1.93. The molecule has 2 rings (SSSR count). The minimum absolute atomic E-state index is 0.0489. The average Bonchev–Trinajstić information content (AvgIpc) is 2.38. The van der Waals surface area contributed by atoms with Gasteiger partial charge in [0.15, 0.2) is 0 Å². The van der Waals surface area contributed by atoms with Crippen molar-refractivity contribution in [2.45, 2.75) is 58.0 Å². The summed E-state index contributed by atoms with van der Waals surface area (Å²) in [7, 11) is 0. The summed E-state index contributed by atoms with van der Waals surface area (Å²) in [6.45, 7) is 8.16. The second kappa shape index (κ2) is 6.85. The van der Waals surface area contributed by atoms with Gasteiger partial charge in [0, 0.05) is 24.6 Å². The van der Waals surface area contributed by atoms with Gasteiger partial charge in [-0.05, 0) is 41.6 Å². The first kappa shape index (κ1) is 15.7. The van der Waals surface area contributed by atoms with Crippen LogP contribution < -0.4 is 5.32 Å². The Morgan fingerprint density at radius 2 is 2.15 bits per heavy atom. The van der Waals surface area contributed by atoms with Crippen molar-refractivity contribution in [3.8, 4) is 0 Å². The summed E-state index contributed by atoms with van der Waals surface area (Å²) < 4.78 is 6.56. The van der Waals surface area contributed by atoms with E-state index < -0.39 is 0 Å². The molecule has 1 atom stereocenters. The van der Waals surface area contributed by atoms with E-state index in [4.69, 9.17) is 4.74 Å². The smallest absolute Gasteiger partial charge is 0.137 e. The third-order valence-electron chi connectivity index (χ3n) is 3.41. The summed E-state index contributed by atoms with van der Waals surface area (Å²) in [4.78, 5) is 9.04. The van der Waals surface area contributed by atoms with Gasteiger partial charge in [0.05, 0.1) is 6.10 Å². The van der Waals surface area contributed by atoms with Crippen LogP contribution in [-0.2, 0) is 10.2 Å². The Morgan fingerprint density at radius 3 is 2.80 bits per heavy atom. The maximum Gasteiger partial charge on any atom is 0.137 e. The molecule has 5 heteroatoms. The highest BCUT2D eigenvalue weighted by Gasteiger charge is 2.19. The first-order valence-electron chi connectivity index (χ1n) is 7.36. The van der Waals surface area contributed by atoms with E-state index in [0.29, 0.717) is 6.10 Å². The number of aromatic nitrogens is 2. The molecule has 1 unspecified atom stereocenters. The highest BCUT2D eigenvalue weighted by atomic mass is 79.9. The van der Waals surface area contributed by atoms with Crippen LogP contribution in [0.1, 0.15) is 52.3 Å². The normalized spacial score (nSPS) is 19.9. The number of hydrogen-bond donors (Lipinski definition) is 1. The molecule has 112 valence electrons. The van der Waals surface area contributed by atoms with Crippen molar-refractivity contribution in [1.29, 1.82) is 0 Å². The molecule has 0 saturated carbocycles. The lowest BCUT2D eigenvalue weighted by molar-refractivity contribution is 0.0134. The summed E-state index contributed by atoms with van der Waals surface area (Å²) in [5, 5.41) is 3.38. The molecule has 1 aromatic rings. The number of nitrogens with zero attached hydrogens (tertiary/aromatic N) is 2. The standard InChI is InChI=1S/C15H24BrN3O/c1-15(2,3)14-18-12(16)10-13(19-14)17-8-7-11-6-4-5-9-20-11/h10-11H,4-9H2,1-3H3,(H,17,18,19). The molecule has 1 N–H and O–H groups in total. The number of ether oxygens (including phenoxy) is 1. The zero-order chi connectivity index (χ0) is 14.6. The number of nitrogens with one attached hydrogen (secondary N) is 1. The van der Waals surface area contributed by atoms with Crippen LogP contribution in [0.3, 0.4) is 0 Å². The van der Waals surface area contributed by atoms with Gasteiger partial charge < -0.3 is 10.1 Å². The fourth-order valence-corrected chi connectivity index (χ4v) is 2.62. The third kappa shape index (κ3) is 4.70. The molecule has 0 amide bonds. The molecule has 1 aliphatic heterocycles. The minimum atomic E-state index is -0.0489. The molecule has 1 fully saturated rings. The highest BCUT2D eigenvalue weighted by Crippen LogP contribution is 2.22. The molecule has 1 aromatic heterocycles. The number of anilines is 1. The SMILES string of the molecule is CC(C)(C)c1nc(Br)cc(NCCC2CCCCO2)n1. The van der Waals surface area contributed by atoms with Crippen LogP contribution in [0.15, 0.2) is 10.7 Å². The molecular formula is C15H24BrN3O. The average molecular weight is 342 g/mol. The molecule has 2 heterocycles. The first-order chi connectivity index (χ1) is 9.45. The predicted molar refractivity (Wildman–Crippen MR) is 85.1 cm³/mol. The van der Waals surface area contributed by atoms with Crippen LogP contribution in [-0.4, -0.2) is 29.2 Å². The highest BCUT2D eigenvalue weighted by molar-refractivity contribution is 9.10. The second-order valence-corrected chi connectivity index (χ2v) is 7.17. The Hall–Kier alpha value is -0.680. The van der Waals surface area contributed by atoms with E-state index in [1.165, 1.54) is 19.3 Å². The van der Waals surface area contributed by atoms with Gasteiger partial charge in [0.1, 0.15) is 16.2 Å². The molecule has 0 bridgehead atoms. The number of rotatable bonds is 4. The monoisotopic (exact) mass is 341 g/mol. The second-order valence-electron chi connectivity index (χ2n) is 6.35. The number of hydrogen-bond acceptors (Lipinski definition) is 4. The van der Waals surface area contributed by atoms with Crippen LogP contribution in [0.5, 0.6) is 0 Å². The molecule has 1 aliphatic rings. The number of halogens is 1. The Labute approximate surface area is 129 Å². The van der Waals surface area contributed by atoms with Gasteiger partial charge in [0.25, 0.3) is 0 Å². The zero-order valence-electron chi connectivity index (χ0n) is 12.6. The van der Waals surface area contributed by atoms with Gasteiger partial charge in [-0.1, -0.05) is 20.8 Å². The Kier molecular flexibility index (Phi) is 5.38. The third-order valence-corrected chi connectivity index (χ3v) is 3.82. The van der Waals surface area contributed by atoms with E-state index in [2.05, 4.69) is 52.0 Å². The zero-order valence-corrected chi connectivity index (χ0v) is 14.2. The van der Waals surface area contributed by atoms with E-state index in [1.807, 2.05) is 6.07 Å². The van der Waals surface area contributed by atoms with Gasteiger partial charge >= 0.3 is 0 Å². The van der Waals surface area contributed by atoms with Crippen LogP contribution in [0.4, 0.5) is 5.82 Å². The van der Waals surface area contributed by atoms with Crippen LogP contribution in [0.25, 0.3) is 0 Å². The lowest BCUT2D eigenvalue weighted by atomic mass is 9.96. The maximum absolute atomic E-state index is 5.74. The molecule has 4 nitrogen and oxygen atoms in total. The topological polar surface area (TPSA) is 47.0 Å². The van der Waals surface area contributed by atoms with E-state index >= 15 is 0 Å². The Balaban J connectivity index is 1.90. The van der Waals surface area contributed by atoms with Gasteiger partial charge in [-0.15, -0.1) is 0 Å². The fraction of sp³-hybridized carbons (Fsp3) is 0.733. The van der Waals surface area contributed by atoms with Crippen molar-refractivity contribution < 1.29 is 4.74 Å². The van der Waals surface area contributed by atoms with E-state index in [0.717, 1.165) is 35.8 Å². The van der Waals surface area contributed by atoms with Gasteiger partial charge in [-0.3, -0.25) is 0 Å². The van der Waals surface area contributed by atoms with E-state index in [-0.39, 0.29) is 5.41 Å². The molecular weight excluding hydrogens is 318 g/mol. The molecule has 1 saturated heterocycles. The molecule has 0 radical (unpaired) electrons. The van der Waals surface area contributed by atoms with Crippen molar-refractivity contribution in [1.82, 2.24) is 9.97 Å². The Morgan fingerprint density at radius 1 is 1.35 bits per heavy atom. The van der Waals surface area contributed by atoms with Crippen molar-refractivity contribution in [2.24, 2.45) is 0 Å². The van der Waals surface area contributed by atoms with E-state index in [1.54, 1.807) is 0 Å². The lowest BCUT2D eigenvalue weighted by Gasteiger charge is -2.23. The minimum Gasteiger partial charge on any atom is -0.378 e. The first-order valence-corrected chi connectivity index (χ1v) is 8.15.